The van der Waals surface area contributed by atoms with E-state index in [1.54, 1.807) is 24.3 Å². The Morgan fingerprint density at radius 1 is 0.857 bits per heavy atom. The summed E-state index contributed by atoms with van der Waals surface area (Å²) in [6.07, 6.45) is 2.99. The van der Waals surface area contributed by atoms with Crippen LogP contribution in [0.3, 0.4) is 0 Å². The number of allylic oxidation sites excluding steroid dienone is 4. The van der Waals surface area contributed by atoms with Gasteiger partial charge in [-0.1, -0.05) is 75.5 Å². The number of ketones is 2. The summed E-state index contributed by atoms with van der Waals surface area (Å²) in [5, 5.41) is -0.0266. The number of halogens is 2. The van der Waals surface area contributed by atoms with Gasteiger partial charge in [0.15, 0.2) is 17.3 Å². The zero-order valence-electron chi connectivity index (χ0n) is 24.9. The molecule has 42 heavy (non-hydrogen) atoms. The van der Waals surface area contributed by atoms with E-state index in [9.17, 15) is 18.0 Å². The van der Waals surface area contributed by atoms with Crippen LogP contribution >= 0.6 is 23.2 Å². The molecule has 2 aromatic rings. The molecule has 0 fully saturated rings. The molecule has 3 aliphatic rings. The summed E-state index contributed by atoms with van der Waals surface area (Å²) in [5.74, 6) is -0.827. The third-order valence-corrected chi connectivity index (χ3v) is 10.1. The van der Waals surface area contributed by atoms with Crippen LogP contribution in [0, 0.1) is 17.8 Å². The highest BCUT2D eigenvalue weighted by Gasteiger charge is 2.49. The summed E-state index contributed by atoms with van der Waals surface area (Å²) in [5.41, 5.74) is 4.17. The predicted molar refractivity (Wildman–Crippen MR) is 165 cm³/mol. The van der Waals surface area contributed by atoms with Gasteiger partial charge in [0.2, 0.25) is 0 Å². The van der Waals surface area contributed by atoms with Crippen LogP contribution in [0.15, 0.2) is 63.8 Å². The smallest absolute Gasteiger partial charge is 0.339 e. The monoisotopic (exact) mass is 629 g/mol. The summed E-state index contributed by atoms with van der Waals surface area (Å²) in [7, 11) is -4.21. The van der Waals surface area contributed by atoms with E-state index < -0.39 is 16.0 Å². The maximum atomic E-state index is 13.9. The van der Waals surface area contributed by atoms with Crippen LogP contribution < -0.4 is 4.18 Å². The summed E-state index contributed by atoms with van der Waals surface area (Å²) in [4.78, 5) is 30.0. The van der Waals surface area contributed by atoms with Gasteiger partial charge >= 0.3 is 10.1 Å². The first-order valence-corrected chi connectivity index (χ1v) is 16.5. The second-order valence-corrected chi connectivity index (χ2v) is 15.7. The van der Waals surface area contributed by atoms with Crippen molar-refractivity contribution in [1.82, 2.24) is 4.90 Å². The van der Waals surface area contributed by atoms with Crippen molar-refractivity contribution in [3.8, 4) is 5.75 Å². The van der Waals surface area contributed by atoms with Crippen LogP contribution in [-0.4, -0.2) is 31.4 Å². The first kappa shape index (κ1) is 30.8. The summed E-state index contributed by atoms with van der Waals surface area (Å²) >= 11 is 13.4. The summed E-state index contributed by atoms with van der Waals surface area (Å²) in [6.45, 7) is 13.1. The largest absolute Gasteiger partial charge is 0.376 e. The van der Waals surface area contributed by atoms with Crippen LogP contribution in [0.25, 0.3) is 0 Å². The number of nitrogens with zero attached hydrogens (tertiary/aromatic N) is 1. The number of aryl methyl sites for hydroxylation is 1. The Balaban J connectivity index is 1.66. The van der Waals surface area contributed by atoms with E-state index in [0.29, 0.717) is 48.9 Å². The third-order valence-electron chi connectivity index (χ3n) is 8.33. The first-order chi connectivity index (χ1) is 19.5. The van der Waals surface area contributed by atoms with Crippen LogP contribution in [0.4, 0.5) is 0 Å². The van der Waals surface area contributed by atoms with Crippen LogP contribution in [-0.2, 0) is 19.7 Å². The van der Waals surface area contributed by atoms with Crippen molar-refractivity contribution < 1.29 is 22.2 Å². The van der Waals surface area contributed by atoms with Gasteiger partial charge in [-0.05, 0) is 66.8 Å². The molecule has 1 aliphatic heterocycles. The van der Waals surface area contributed by atoms with Crippen molar-refractivity contribution >= 4 is 44.9 Å². The zero-order valence-corrected chi connectivity index (χ0v) is 27.3. The van der Waals surface area contributed by atoms with Crippen molar-refractivity contribution in [2.75, 3.05) is 6.54 Å². The van der Waals surface area contributed by atoms with Gasteiger partial charge in [0.25, 0.3) is 0 Å². The number of Topliss-reactive ketones (excluding diaryl/α,β-unsaturated/α-hetero) is 2. The molecule has 2 aliphatic carbocycles. The van der Waals surface area contributed by atoms with Gasteiger partial charge < -0.3 is 9.08 Å². The standard InChI is InChI=1S/C33H37Cl2NO5S/c1-7-12-36-24-15-32(3,4)17-26(37)29(24)28(30-25(36)16-33(5,6)18-27(30)38)20-13-22(34)31(23(35)14-20)41-42(39,40)21-10-8-19(2)9-11-21/h8-11,13-14,28H,7,12,15-18H2,1-6H3. The number of benzene rings is 2. The molecule has 2 aromatic carbocycles. The number of hydrogen-bond donors (Lipinski definition) is 0. The van der Waals surface area contributed by atoms with Gasteiger partial charge in [0.1, 0.15) is 4.90 Å². The van der Waals surface area contributed by atoms with Gasteiger partial charge in [-0.3, -0.25) is 9.59 Å². The molecule has 6 nitrogen and oxygen atoms in total. The average Bonchev–Trinajstić information content (AvgIpc) is 2.86. The van der Waals surface area contributed by atoms with E-state index in [2.05, 4.69) is 39.5 Å². The molecule has 5 rings (SSSR count). The quantitative estimate of drug-likeness (QED) is 0.300. The molecule has 0 spiro atoms. The van der Waals surface area contributed by atoms with E-state index in [0.717, 1.165) is 23.4 Å². The molecule has 0 bridgehead atoms. The molecule has 0 amide bonds. The molecular formula is C33H37Cl2NO5S. The molecule has 0 saturated heterocycles. The molecular weight excluding hydrogens is 593 g/mol. The molecule has 9 heteroatoms. The van der Waals surface area contributed by atoms with Crippen molar-refractivity contribution in [3.63, 3.8) is 0 Å². The lowest BCUT2D eigenvalue weighted by Gasteiger charge is -2.49. The highest BCUT2D eigenvalue weighted by Crippen LogP contribution is 2.55. The van der Waals surface area contributed by atoms with Crippen LogP contribution in [0.1, 0.15) is 83.8 Å². The highest BCUT2D eigenvalue weighted by molar-refractivity contribution is 7.87. The molecule has 0 N–H and O–H groups in total. The second-order valence-electron chi connectivity index (χ2n) is 13.4. The minimum absolute atomic E-state index is 0.00561. The third kappa shape index (κ3) is 5.68. The SMILES string of the molecule is CCCN1C2=C(C(=O)CC(C)(C)C2)C(c2cc(Cl)c(OS(=O)(=O)c3ccc(C)cc3)c(Cl)c2)C2=C1CC(C)(C)CC2=O. The van der Waals surface area contributed by atoms with Crippen molar-refractivity contribution in [1.29, 1.82) is 0 Å². The lowest BCUT2D eigenvalue weighted by Crippen LogP contribution is -2.44. The molecule has 0 radical (unpaired) electrons. The predicted octanol–water partition coefficient (Wildman–Crippen LogP) is 8.17. The topological polar surface area (TPSA) is 80.8 Å². The Labute approximate surface area is 258 Å². The number of rotatable bonds is 6. The summed E-state index contributed by atoms with van der Waals surface area (Å²) in [6, 6.07) is 9.44. The number of hydrogen-bond acceptors (Lipinski definition) is 6. The van der Waals surface area contributed by atoms with Crippen molar-refractivity contribution in [2.45, 2.75) is 84.5 Å². The van der Waals surface area contributed by atoms with Crippen molar-refractivity contribution in [2.24, 2.45) is 10.8 Å². The number of carbonyl (C=O) groups is 2. The number of carbonyl (C=O) groups excluding carboxylic acids is 2. The fraction of sp³-hybridized carbons (Fsp3) is 0.455. The maximum Gasteiger partial charge on any atom is 0.339 e. The van der Waals surface area contributed by atoms with Gasteiger partial charge in [-0.25, -0.2) is 0 Å². The van der Waals surface area contributed by atoms with E-state index in [-0.39, 0.29) is 43.1 Å². The van der Waals surface area contributed by atoms with Gasteiger partial charge in [-0.2, -0.15) is 8.42 Å². The maximum absolute atomic E-state index is 13.9. The second kappa shape index (κ2) is 10.8. The molecule has 224 valence electrons. The lowest BCUT2D eigenvalue weighted by molar-refractivity contribution is -0.119. The minimum atomic E-state index is -4.21. The fourth-order valence-corrected chi connectivity index (χ4v) is 8.20. The average molecular weight is 631 g/mol. The van der Waals surface area contributed by atoms with E-state index in [4.69, 9.17) is 27.4 Å². The Morgan fingerprint density at radius 3 is 1.79 bits per heavy atom. The molecule has 1 heterocycles. The minimum Gasteiger partial charge on any atom is -0.376 e. The van der Waals surface area contributed by atoms with E-state index >= 15 is 0 Å². The van der Waals surface area contributed by atoms with Crippen LogP contribution in [0.5, 0.6) is 5.75 Å². The Hall–Kier alpha value is -2.61. The Kier molecular flexibility index (Phi) is 7.95. The first-order valence-electron chi connectivity index (χ1n) is 14.3. The normalized spacial score (nSPS) is 20.5. The zero-order chi connectivity index (χ0) is 30.8. The molecule has 0 atom stereocenters. The Morgan fingerprint density at radius 2 is 1.33 bits per heavy atom. The van der Waals surface area contributed by atoms with E-state index in [1.165, 1.54) is 12.1 Å². The van der Waals surface area contributed by atoms with E-state index in [1.807, 2.05) is 6.92 Å². The van der Waals surface area contributed by atoms with Gasteiger partial charge in [-0.15, -0.1) is 0 Å². The van der Waals surface area contributed by atoms with Crippen molar-refractivity contribution in [3.05, 3.63) is 80.1 Å². The van der Waals surface area contributed by atoms with Gasteiger partial charge in [0.05, 0.1) is 10.0 Å². The van der Waals surface area contributed by atoms with Gasteiger partial charge in [0, 0.05) is 47.8 Å². The highest BCUT2D eigenvalue weighted by atomic mass is 35.5. The molecule has 0 unspecified atom stereocenters. The molecule has 0 aromatic heterocycles. The summed E-state index contributed by atoms with van der Waals surface area (Å²) < 4.78 is 31.5. The lowest BCUT2D eigenvalue weighted by atomic mass is 9.63. The fourth-order valence-electron chi connectivity index (χ4n) is 6.56. The molecule has 0 saturated carbocycles. The Bertz CT molecular complexity index is 1570. The van der Waals surface area contributed by atoms with Crippen LogP contribution in [0.2, 0.25) is 10.0 Å².